The van der Waals surface area contributed by atoms with Crippen LogP contribution in [-0.4, -0.2) is 49.3 Å². The third-order valence-corrected chi connectivity index (χ3v) is 13.1. The second-order valence-electron chi connectivity index (χ2n) is 18.8. The third-order valence-electron chi connectivity index (χ3n) is 12.1. The molecule has 0 bridgehead atoms. The first-order valence-electron chi connectivity index (χ1n) is 28.4. The van der Waals surface area contributed by atoms with E-state index in [2.05, 4.69) is 86.8 Å². The Hall–Kier alpha value is -2.55. The summed E-state index contributed by atoms with van der Waals surface area (Å²) in [6.45, 7) is 3.64. The van der Waals surface area contributed by atoms with E-state index in [-0.39, 0.29) is 38.6 Å². The zero-order chi connectivity index (χ0) is 50.2. The highest BCUT2D eigenvalue weighted by Crippen LogP contribution is 2.43. The summed E-state index contributed by atoms with van der Waals surface area (Å²) >= 11 is 0. The molecule has 0 aromatic rings. The fourth-order valence-corrected chi connectivity index (χ4v) is 8.70. The number of nitrogens with two attached hydrogens (primary N) is 1. The summed E-state index contributed by atoms with van der Waals surface area (Å²) in [5.41, 5.74) is 5.37. The quantitative estimate of drug-likeness (QED) is 0.0264. The van der Waals surface area contributed by atoms with Crippen molar-refractivity contribution in [2.24, 2.45) is 5.73 Å². The molecule has 0 aromatic heterocycles. The van der Waals surface area contributed by atoms with Gasteiger partial charge in [-0.05, 0) is 64.2 Å². The van der Waals surface area contributed by atoms with Crippen molar-refractivity contribution in [1.82, 2.24) is 0 Å². The van der Waals surface area contributed by atoms with Gasteiger partial charge in [-0.25, -0.2) is 4.57 Å². The summed E-state index contributed by atoms with van der Waals surface area (Å²) in [5.74, 6) is -0.820. The van der Waals surface area contributed by atoms with Crippen molar-refractivity contribution in [2.45, 2.75) is 264 Å². The van der Waals surface area contributed by atoms with E-state index in [0.29, 0.717) is 6.42 Å². The van der Waals surface area contributed by atoms with Crippen LogP contribution in [0.25, 0.3) is 0 Å². The number of esters is 2. The fourth-order valence-electron chi connectivity index (χ4n) is 7.93. The molecule has 0 amide bonds. The molecule has 0 fully saturated rings. The Morgan fingerprint density at radius 2 is 0.797 bits per heavy atom. The lowest BCUT2D eigenvalue weighted by atomic mass is 10.0. The van der Waals surface area contributed by atoms with Gasteiger partial charge in [0.2, 0.25) is 0 Å². The van der Waals surface area contributed by atoms with Crippen molar-refractivity contribution >= 4 is 19.8 Å². The lowest BCUT2D eigenvalue weighted by molar-refractivity contribution is -0.161. The molecule has 0 aliphatic carbocycles. The van der Waals surface area contributed by atoms with Crippen molar-refractivity contribution in [2.75, 3.05) is 26.4 Å². The normalized spacial score (nSPS) is 13.6. The molecule has 400 valence electrons. The van der Waals surface area contributed by atoms with Gasteiger partial charge in [-0.15, -0.1) is 0 Å². The molecule has 0 heterocycles. The van der Waals surface area contributed by atoms with Crippen LogP contribution < -0.4 is 5.73 Å². The van der Waals surface area contributed by atoms with Crippen LogP contribution >= 0.6 is 7.82 Å². The van der Waals surface area contributed by atoms with Crippen LogP contribution in [-0.2, 0) is 32.7 Å². The highest BCUT2D eigenvalue weighted by Gasteiger charge is 2.26. The van der Waals surface area contributed by atoms with Gasteiger partial charge in [0.25, 0.3) is 0 Å². The summed E-state index contributed by atoms with van der Waals surface area (Å²) in [7, 11) is -4.38. The number of unbranched alkanes of at least 4 members (excludes halogenated alkanes) is 28. The van der Waals surface area contributed by atoms with Crippen LogP contribution in [0.5, 0.6) is 0 Å². The van der Waals surface area contributed by atoms with E-state index in [1.54, 1.807) is 0 Å². The Morgan fingerprint density at radius 1 is 0.449 bits per heavy atom. The summed E-state index contributed by atoms with van der Waals surface area (Å²) in [4.78, 5) is 35.1. The highest BCUT2D eigenvalue weighted by atomic mass is 31.2. The van der Waals surface area contributed by atoms with E-state index >= 15 is 0 Å². The van der Waals surface area contributed by atoms with Gasteiger partial charge >= 0.3 is 19.8 Å². The Kier molecular flexibility index (Phi) is 52.8. The van der Waals surface area contributed by atoms with Gasteiger partial charge in [0.15, 0.2) is 6.10 Å². The summed E-state index contributed by atoms with van der Waals surface area (Å²) in [6, 6.07) is 0. The Labute approximate surface area is 424 Å². The number of phosphoric acid groups is 1. The second kappa shape index (κ2) is 54.8. The molecule has 9 nitrogen and oxygen atoms in total. The fraction of sp³-hybridized carbons (Fsp3) is 0.763. The number of carbonyl (C=O) groups is 2. The van der Waals surface area contributed by atoms with Crippen molar-refractivity contribution in [3.05, 3.63) is 72.9 Å². The molecule has 0 rings (SSSR count). The van der Waals surface area contributed by atoms with Crippen molar-refractivity contribution in [1.29, 1.82) is 0 Å². The van der Waals surface area contributed by atoms with Gasteiger partial charge < -0.3 is 20.1 Å². The van der Waals surface area contributed by atoms with Crippen LogP contribution in [0.15, 0.2) is 72.9 Å². The largest absolute Gasteiger partial charge is 0.472 e. The molecule has 2 atom stereocenters. The molecule has 0 saturated heterocycles. The predicted octanol–water partition coefficient (Wildman–Crippen LogP) is 17.7. The van der Waals surface area contributed by atoms with E-state index in [1.807, 2.05) is 0 Å². The smallest absolute Gasteiger partial charge is 0.462 e. The Bertz CT molecular complexity index is 1360. The zero-order valence-electron chi connectivity index (χ0n) is 44.5. The summed E-state index contributed by atoms with van der Waals surface area (Å²) in [6.07, 6.45) is 69.6. The lowest BCUT2D eigenvalue weighted by Gasteiger charge is -2.19. The molecule has 0 aliphatic heterocycles. The number of hydrogen-bond donors (Lipinski definition) is 2. The van der Waals surface area contributed by atoms with E-state index in [9.17, 15) is 19.0 Å². The minimum absolute atomic E-state index is 0.0535. The standard InChI is InChI=1S/C59H106NO8P/c1-3-5-7-9-11-13-15-17-18-19-20-21-22-23-24-25-26-27-28-29-30-31-32-33-34-35-36-37-38-40-42-44-46-48-50-52-59(62)68-57(56-67-69(63,64)66-54-53-60)55-65-58(61)51-49-47-45-43-41-39-16-14-12-10-8-6-4-2/h5,7,11,13,17-18,20-21,23-24,26-27,57H,3-4,6,8-10,12,14-16,19,22,25,28-56,60H2,1-2H3,(H,63,64)/b7-5-,13-11-,18-17-,21-20-,24-23-,27-26-. The monoisotopic (exact) mass is 988 g/mol. The maximum Gasteiger partial charge on any atom is 0.472 e. The summed E-state index contributed by atoms with van der Waals surface area (Å²) in [5, 5.41) is 0. The van der Waals surface area contributed by atoms with Crippen LogP contribution in [0.4, 0.5) is 0 Å². The average Bonchev–Trinajstić information content (AvgIpc) is 3.34. The highest BCUT2D eigenvalue weighted by molar-refractivity contribution is 7.47. The molecule has 2 unspecified atom stereocenters. The molecule has 69 heavy (non-hydrogen) atoms. The third kappa shape index (κ3) is 54.6. The molecule has 0 aromatic carbocycles. The number of allylic oxidation sites excluding steroid dienone is 12. The Balaban J connectivity index is 3.87. The molecule has 0 aliphatic rings. The number of hydrogen-bond acceptors (Lipinski definition) is 8. The van der Waals surface area contributed by atoms with Gasteiger partial charge in [0, 0.05) is 19.4 Å². The van der Waals surface area contributed by atoms with Crippen LogP contribution in [0.2, 0.25) is 0 Å². The molecule has 0 saturated carbocycles. The first-order chi connectivity index (χ1) is 33.8. The molecular weight excluding hydrogens is 882 g/mol. The van der Waals surface area contributed by atoms with E-state index in [0.717, 1.165) is 77.0 Å². The number of phosphoric ester groups is 1. The molecule has 0 radical (unpaired) electrons. The first kappa shape index (κ1) is 66.5. The average molecular weight is 988 g/mol. The zero-order valence-corrected chi connectivity index (χ0v) is 45.4. The van der Waals surface area contributed by atoms with Gasteiger partial charge in [-0.2, -0.15) is 0 Å². The number of carbonyl (C=O) groups excluding carboxylic acids is 2. The van der Waals surface area contributed by atoms with E-state index in [4.69, 9.17) is 24.3 Å². The second-order valence-corrected chi connectivity index (χ2v) is 20.2. The number of rotatable bonds is 53. The van der Waals surface area contributed by atoms with Crippen molar-refractivity contribution in [3.63, 3.8) is 0 Å². The predicted molar refractivity (Wildman–Crippen MR) is 293 cm³/mol. The van der Waals surface area contributed by atoms with Gasteiger partial charge in [0.1, 0.15) is 6.61 Å². The van der Waals surface area contributed by atoms with Crippen LogP contribution in [0.1, 0.15) is 258 Å². The minimum atomic E-state index is -4.38. The van der Waals surface area contributed by atoms with Crippen LogP contribution in [0, 0.1) is 0 Å². The molecular formula is C59H106NO8P. The minimum Gasteiger partial charge on any atom is -0.462 e. The SMILES string of the molecule is CC/C=C\C/C=C\C/C=C\C/C=C\C/C=C\C/C=C\CCCCCCCCCCCCCCCCCCC(=O)OC(COC(=O)CCCCCCCCCCCCCCC)COP(=O)(O)OCCN. The number of ether oxygens (including phenoxy) is 2. The van der Waals surface area contributed by atoms with Gasteiger partial charge in [-0.1, -0.05) is 254 Å². The van der Waals surface area contributed by atoms with Crippen LogP contribution in [0.3, 0.4) is 0 Å². The van der Waals surface area contributed by atoms with Gasteiger partial charge in [-0.3, -0.25) is 18.6 Å². The molecule has 10 heteroatoms. The van der Waals surface area contributed by atoms with E-state index in [1.165, 1.54) is 148 Å². The topological polar surface area (TPSA) is 134 Å². The maximum absolute atomic E-state index is 12.7. The molecule has 3 N–H and O–H groups in total. The summed E-state index contributed by atoms with van der Waals surface area (Å²) < 4.78 is 33.0. The van der Waals surface area contributed by atoms with Gasteiger partial charge in [0.05, 0.1) is 13.2 Å². The van der Waals surface area contributed by atoms with Crippen molar-refractivity contribution < 1.29 is 37.6 Å². The maximum atomic E-state index is 12.7. The Morgan fingerprint density at radius 3 is 1.19 bits per heavy atom. The molecule has 0 spiro atoms. The first-order valence-corrected chi connectivity index (χ1v) is 29.9. The van der Waals surface area contributed by atoms with E-state index < -0.39 is 26.5 Å². The lowest BCUT2D eigenvalue weighted by Crippen LogP contribution is -2.29. The van der Waals surface area contributed by atoms with Crippen molar-refractivity contribution in [3.8, 4) is 0 Å².